The fraction of sp³-hybridized carbons (Fsp3) is 0.818. The second kappa shape index (κ2) is 5.48. The fourth-order valence-corrected chi connectivity index (χ4v) is 2.67. The second-order valence-electron chi connectivity index (χ2n) is 4.59. The Labute approximate surface area is 102 Å². The molecule has 0 aromatic heterocycles. The third kappa shape index (κ3) is 3.07. The molecule has 90 valence electrons. The zero-order valence-electron chi connectivity index (χ0n) is 9.42. The number of piperidine rings is 1. The van der Waals surface area contributed by atoms with Crippen molar-refractivity contribution in [3.63, 3.8) is 0 Å². The van der Waals surface area contributed by atoms with Gasteiger partial charge in [0.25, 0.3) is 0 Å². The predicted octanol–water partition coefficient (Wildman–Crippen LogP) is 0.672. The lowest BCUT2D eigenvalue weighted by Crippen LogP contribution is -2.53. The van der Waals surface area contributed by atoms with Gasteiger partial charge in [0.05, 0.1) is 0 Å². The zero-order valence-corrected chi connectivity index (χ0v) is 10.2. The highest BCUT2D eigenvalue weighted by Gasteiger charge is 2.23. The van der Waals surface area contributed by atoms with E-state index in [1.807, 2.05) is 0 Å². The highest BCUT2D eigenvalue weighted by Crippen LogP contribution is 2.17. The Morgan fingerprint density at radius 2 is 1.94 bits per heavy atom. The molecule has 0 aromatic carbocycles. The summed E-state index contributed by atoms with van der Waals surface area (Å²) in [6.07, 6.45) is 6.85. The third-order valence-electron chi connectivity index (χ3n) is 3.28. The predicted molar refractivity (Wildman–Crippen MR) is 67.2 cm³/mol. The Bertz CT molecular complexity index is 276. The lowest BCUT2D eigenvalue weighted by molar-refractivity contribution is -0.124. The van der Waals surface area contributed by atoms with Crippen LogP contribution in [0.5, 0.6) is 0 Å². The lowest BCUT2D eigenvalue weighted by Gasteiger charge is -2.25. The van der Waals surface area contributed by atoms with E-state index in [1.54, 1.807) is 0 Å². The Morgan fingerprint density at radius 3 is 2.62 bits per heavy atom. The van der Waals surface area contributed by atoms with Gasteiger partial charge in [-0.2, -0.15) is 0 Å². The Kier molecular flexibility index (Phi) is 3.98. The van der Waals surface area contributed by atoms with Crippen LogP contribution in [0.15, 0.2) is 0 Å². The SMILES string of the molecule is O=C1NCCCC1NC(=S)NC1CCCC1. The van der Waals surface area contributed by atoms with Gasteiger partial charge < -0.3 is 16.0 Å². The van der Waals surface area contributed by atoms with Gasteiger partial charge in [-0.25, -0.2) is 0 Å². The first-order valence-electron chi connectivity index (χ1n) is 6.10. The van der Waals surface area contributed by atoms with Gasteiger partial charge in [-0.05, 0) is 37.9 Å². The van der Waals surface area contributed by atoms with E-state index in [9.17, 15) is 4.79 Å². The molecule has 0 spiro atoms. The van der Waals surface area contributed by atoms with Crippen LogP contribution in [0.3, 0.4) is 0 Å². The van der Waals surface area contributed by atoms with Crippen molar-refractivity contribution in [2.75, 3.05) is 6.54 Å². The van der Waals surface area contributed by atoms with Gasteiger partial charge in [-0.3, -0.25) is 4.79 Å². The maximum atomic E-state index is 11.5. The minimum Gasteiger partial charge on any atom is -0.360 e. The third-order valence-corrected chi connectivity index (χ3v) is 3.52. The molecule has 1 amide bonds. The molecule has 1 unspecified atom stereocenters. The molecule has 4 nitrogen and oxygen atoms in total. The first-order valence-corrected chi connectivity index (χ1v) is 6.51. The van der Waals surface area contributed by atoms with Crippen LogP contribution in [0, 0.1) is 0 Å². The van der Waals surface area contributed by atoms with Crippen LogP contribution < -0.4 is 16.0 Å². The van der Waals surface area contributed by atoms with E-state index >= 15 is 0 Å². The summed E-state index contributed by atoms with van der Waals surface area (Å²) in [6, 6.07) is 0.363. The molecular weight excluding hydrogens is 222 g/mol. The molecule has 3 N–H and O–H groups in total. The van der Waals surface area contributed by atoms with Crippen LogP contribution in [0.4, 0.5) is 0 Å². The number of hydrogen-bond acceptors (Lipinski definition) is 2. The molecule has 16 heavy (non-hydrogen) atoms. The summed E-state index contributed by atoms with van der Waals surface area (Å²) in [5, 5.41) is 9.87. The first-order chi connectivity index (χ1) is 7.75. The average molecular weight is 241 g/mol. The minimum absolute atomic E-state index is 0.0711. The summed E-state index contributed by atoms with van der Waals surface area (Å²) >= 11 is 5.22. The Balaban J connectivity index is 1.75. The maximum Gasteiger partial charge on any atom is 0.242 e. The maximum absolute atomic E-state index is 11.5. The van der Waals surface area contributed by atoms with Crippen molar-refractivity contribution < 1.29 is 4.79 Å². The standard InChI is InChI=1S/C11H19N3OS/c15-10-9(6-3-7-12-10)14-11(16)13-8-4-1-2-5-8/h8-9H,1-7H2,(H,12,15)(H2,13,14,16). The number of carbonyl (C=O) groups excluding carboxylic acids is 1. The molecule has 0 radical (unpaired) electrons. The van der Waals surface area contributed by atoms with Gasteiger partial charge in [0.2, 0.25) is 5.91 Å². The number of nitrogens with one attached hydrogen (secondary N) is 3. The molecule has 5 heteroatoms. The van der Waals surface area contributed by atoms with Gasteiger partial charge in [-0.15, -0.1) is 0 Å². The fourth-order valence-electron chi connectivity index (χ4n) is 2.37. The monoisotopic (exact) mass is 241 g/mol. The molecule has 1 aliphatic carbocycles. The largest absolute Gasteiger partial charge is 0.360 e. The van der Waals surface area contributed by atoms with Crippen LogP contribution in [0.2, 0.25) is 0 Å². The lowest BCUT2D eigenvalue weighted by atomic mass is 10.1. The van der Waals surface area contributed by atoms with Crippen molar-refractivity contribution >= 4 is 23.2 Å². The van der Waals surface area contributed by atoms with Gasteiger partial charge in [0, 0.05) is 12.6 Å². The van der Waals surface area contributed by atoms with E-state index in [1.165, 1.54) is 25.7 Å². The second-order valence-corrected chi connectivity index (χ2v) is 4.99. The van der Waals surface area contributed by atoms with E-state index in [-0.39, 0.29) is 11.9 Å². The summed E-state index contributed by atoms with van der Waals surface area (Å²) in [7, 11) is 0. The molecule has 1 heterocycles. The molecule has 0 aromatic rings. The summed E-state index contributed by atoms with van der Waals surface area (Å²) in [5.41, 5.74) is 0. The smallest absolute Gasteiger partial charge is 0.242 e. The zero-order chi connectivity index (χ0) is 11.4. The van der Waals surface area contributed by atoms with Crippen molar-refractivity contribution in [1.29, 1.82) is 0 Å². The van der Waals surface area contributed by atoms with Crippen molar-refractivity contribution in [3.8, 4) is 0 Å². The topological polar surface area (TPSA) is 53.2 Å². The molecular formula is C11H19N3OS. The molecule has 0 bridgehead atoms. The van der Waals surface area contributed by atoms with Crippen LogP contribution >= 0.6 is 12.2 Å². The highest BCUT2D eigenvalue weighted by atomic mass is 32.1. The average Bonchev–Trinajstić information content (AvgIpc) is 2.74. The van der Waals surface area contributed by atoms with Crippen LogP contribution in [-0.4, -0.2) is 29.6 Å². The van der Waals surface area contributed by atoms with Crippen molar-refractivity contribution in [2.24, 2.45) is 0 Å². The summed E-state index contributed by atoms with van der Waals surface area (Å²) in [6.45, 7) is 0.791. The molecule has 1 saturated carbocycles. The van der Waals surface area contributed by atoms with E-state index in [0.717, 1.165) is 19.4 Å². The van der Waals surface area contributed by atoms with Crippen molar-refractivity contribution in [1.82, 2.24) is 16.0 Å². The van der Waals surface area contributed by atoms with Crippen LogP contribution in [-0.2, 0) is 4.79 Å². The van der Waals surface area contributed by atoms with E-state index < -0.39 is 0 Å². The van der Waals surface area contributed by atoms with Gasteiger partial charge >= 0.3 is 0 Å². The van der Waals surface area contributed by atoms with Gasteiger partial charge in [0.15, 0.2) is 5.11 Å². The number of carbonyl (C=O) groups is 1. The molecule has 2 aliphatic rings. The molecule has 1 atom stereocenters. The van der Waals surface area contributed by atoms with E-state index in [4.69, 9.17) is 12.2 Å². The molecule has 1 saturated heterocycles. The van der Waals surface area contributed by atoms with Gasteiger partial charge in [0.1, 0.15) is 6.04 Å². The van der Waals surface area contributed by atoms with Crippen molar-refractivity contribution in [3.05, 3.63) is 0 Å². The van der Waals surface area contributed by atoms with Crippen LogP contribution in [0.25, 0.3) is 0 Å². The molecule has 2 fully saturated rings. The summed E-state index contributed by atoms with van der Waals surface area (Å²) in [5.74, 6) is 0.0711. The highest BCUT2D eigenvalue weighted by molar-refractivity contribution is 7.80. The number of amides is 1. The van der Waals surface area contributed by atoms with Crippen molar-refractivity contribution in [2.45, 2.75) is 50.6 Å². The summed E-state index contributed by atoms with van der Waals surface area (Å²) in [4.78, 5) is 11.5. The number of rotatable bonds is 2. The minimum atomic E-state index is -0.143. The first kappa shape index (κ1) is 11.6. The number of hydrogen-bond donors (Lipinski definition) is 3. The summed E-state index contributed by atoms with van der Waals surface area (Å²) < 4.78 is 0. The number of thiocarbonyl (C=S) groups is 1. The molecule has 2 rings (SSSR count). The Hall–Kier alpha value is -0.840. The normalized spacial score (nSPS) is 26.2. The van der Waals surface area contributed by atoms with E-state index in [2.05, 4.69) is 16.0 Å². The van der Waals surface area contributed by atoms with Gasteiger partial charge in [-0.1, -0.05) is 12.8 Å². The van der Waals surface area contributed by atoms with Crippen LogP contribution in [0.1, 0.15) is 38.5 Å². The Morgan fingerprint density at radius 1 is 1.19 bits per heavy atom. The molecule has 1 aliphatic heterocycles. The van der Waals surface area contributed by atoms with E-state index in [0.29, 0.717) is 11.2 Å². The quantitative estimate of drug-likeness (QED) is 0.622.